The summed E-state index contributed by atoms with van der Waals surface area (Å²) in [5.41, 5.74) is 0.750. The summed E-state index contributed by atoms with van der Waals surface area (Å²) in [6.07, 6.45) is 2.32. The van der Waals surface area contributed by atoms with Crippen molar-refractivity contribution in [3.8, 4) is 0 Å². The number of aliphatic hydroxyl groups excluding tert-OH is 1. The van der Waals surface area contributed by atoms with Crippen molar-refractivity contribution in [1.29, 1.82) is 0 Å². The van der Waals surface area contributed by atoms with Crippen molar-refractivity contribution in [2.24, 2.45) is 5.92 Å². The number of hydrogen-bond acceptors (Lipinski definition) is 2. The van der Waals surface area contributed by atoms with E-state index in [0.717, 1.165) is 12.8 Å². The first-order valence-electron chi connectivity index (χ1n) is 9.19. The van der Waals surface area contributed by atoms with Gasteiger partial charge in [-0.3, -0.25) is 4.79 Å². The van der Waals surface area contributed by atoms with E-state index in [4.69, 9.17) is 11.6 Å². The predicted molar refractivity (Wildman–Crippen MR) is 104 cm³/mol. The largest absolute Gasteiger partial charge is 0.393 e. The molecule has 0 aliphatic carbocycles. The third kappa shape index (κ3) is 5.49. The molecule has 0 aliphatic rings. The second kappa shape index (κ2) is 9.94. The summed E-state index contributed by atoms with van der Waals surface area (Å²) in [6, 6.07) is 6.06. The quantitative estimate of drug-likeness (QED) is 0.542. The first-order valence-corrected chi connectivity index (χ1v) is 9.56. The Morgan fingerprint density at radius 1 is 1.14 bits per heavy atom. The third-order valence-corrected chi connectivity index (χ3v) is 5.05. The lowest BCUT2D eigenvalue weighted by Gasteiger charge is -2.22. The fourth-order valence-electron chi connectivity index (χ4n) is 3.07. The Morgan fingerprint density at radius 2 is 1.79 bits per heavy atom. The van der Waals surface area contributed by atoms with E-state index >= 15 is 0 Å². The van der Waals surface area contributed by atoms with Gasteiger partial charge in [0, 0.05) is 28.4 Å². The van der Waals surface area contributed by atoms with Crippen LogP contribution in [0.1, 0.15) is 49.0 Å². The van der Waals surface area contributed by atoms with Gasteiger partial charge in [0.2, 0.25) is 0 Å². The van der Waals surface area contributed by atoms with Crippen LogP contribution < -0.4 is 5.32 Å². The number of aliphatic hydroxyl groups is 1. The smallest absolute Gasteiger partial charge is 0.255 e. The number of rotatable bonds is 8. The first kappa shape index (κ1) is 22.2. The molecule has 0 aromatic heterocycles. The maximum atomic E-state index is 13.3. The predicted octanol–water partition coefficient (Wildman–Crippen LogP) is 5.74. The number of halogens is 4. The summed E-state index contributed by atoms with van der Waals surface area (Å²) in [5.74, 6) is -4.98. The molecule has 0 saturated heterocycles. The van der Waals surface area contributed by atoms with Crippen LogP contribution in [-0.4, -0.2) is 17.1 Å². The van der Waals surface area contributed by atoms with E-state index in [2.05, 4.69) is 5.32 Å². The Kier molecular flexibility index (Phi) is 7.89. The average Bonchev–Trinajstić information content (AvgIpc) is 2.65. The summed E-state index contributed by atoms with van der Waals surface area (Å²) in [7, 11) is 0. The minimum absolute atomic E-state index is 0.00366. The number of carbonyl (C=O) groups excluding carboxylic acids is 1. The van der Waals surface area contributed by atoms with E-state index in [9.17, 15) is 23.1 Å². The SMILES string of the molecule is CCCC(O)C(CC)Cc1cc(C(=O)Nc2cc(F)c(F)c(F)c2)ccc1Cl. The van der Waals surface area contributed by atoms with Gasteiger partial charge >= 0.3 is 0 Å². The van der Waals surface area contributed by atoms with Gasteiger partial charge in [-0.1, -0.05) is 38.3 Å². The second-order valence-electron chi connectivity index (χ2n) is 6.74. The molecule has 0 heterocycles. The van der Waals surface area contributed by atoms with Gasteiger partial charge in [-0.2, -0.15) is 0 Å². The van der Waals surface area contributed by atoms with Crippen LogP contribution >= 0.6 is 11.6 Å². The summed E-state index contributed by atoms with van der Waals surface area (Å²) in [4.78, 5) is 12.4. The van der Waals surface area contributed by atoms with Gasteiger partial charge in [-0.25, -0.2) is 13.2 Å². The molecule has 3 nitrogen and oxygen atoms in total. The van der Waals surface area contributed by atoms with Gasteiger partial charge in [0.25, 0.3) is 5.91 Å². The van der Waals surface area contributed by atoms with Crippen LogP contribution in [0, 0.1) is 23.4 Å². The first-order chi connectivity index (χ1) is 13.3. The third-order valence-electron chi connectivity index (χ3n) is 4.68. The van der Waals surface area contributed by atoms with Crippen molar-refractivity contribution in [2.45, 2.75) is 45.6 Å². The molecule has 0 aliphatic heterocycles. The lowest BCUT2D eigenvalue weighted by Crippen LogP contribution is -2.22. The van der Waals surface area contributed by atoms with E-state index in [0.29, 0.717) is 35.6 Å². The Bertz CT molecular complexity index is 821. The number of nitrogens with one attached hydrogen (secondary N) is 1. The molecule has 152 valence electrons. The molecule has 0 saturated carbocycles. The summed E-state index contributed by atoms with van der Waals surface area (Å²) in [5, 5.41) is 13.1. The molecule has 0 fully saturated rings. The van der Waals surface area contributed by atoms with Gasteiger partial charge in [0.1, 0.15) is 0 Å². The van der Waals surface area contributed by atoms with Crippen molar-refractivity contribution >= 4 is 23.2 Å². The molecule has 2 rings (SSSR count). The molecule has 0 radical (unpaired) electrons. The van der Waals surface area contributed by atoms with Crippen LogP contribution in [0.25, 0.3) is 0 Å². The van der Waals surface area contributed by atoms with Crippen LogP contribution in [-0.2, 0) is 6.42 Å². The molecule has 2 aromatic rings. The zero-order chi connectivity index (χ0) is 20.8. The maximum absolute atomic E-state index is 13.3. The van der Waals surface area contributed by atoms with Crippen LogP contribution in [0.2, 0.25) is 5.02 Å². The fourth-order valence-corrected chi connectivity index (χ4v) is 3.26. The molecule has 2 N–H and O–H groups in total. The number of hydrogen-bond donors (Lipinski definition) is 2. The monoisotopic (exact) mass is 413 g/mol. The van der Waals surface area contributed by atoms with Crippen molar-refractivity contribution in [3.05, 3.63) is 63.9 Å². The number of amides is 1. The second-order valence-corrected chi connectivity index (χ2v) is 7.15. The zero-order valence-corrected chi connectivity index (χ0v) is 16.5. The van der Waals surface area contributed by atoms with E-state index in [1.807, 2.05) is 13.8 Å². The normalized spacial score (nSPS) is 13.2. The van der Waals surface area contributed by atoms with E-state index in [-0.39, 0.29) is 17.2 Å². The average molecular weight is 414 g/mol. The van der Waals surface area contributed by atoms with Gasteiger partial charge in [-0.05, 0) is 42.5 Å². The highest BCUT2D eigenvalue weighted by atomic mass is 35.5. The van der Waals surface area contributed by atoms with Gasteiger partial charge < -0.3 is 10.4 Å². The molecular weight excluding hydrogens is 391 g/mol. The lowest BCUT2D eigenvalue weighted by molar-refractivity contribution is 0.0955. The van der Waals surface area contributed by atoms with Gasteiger partial charge in [0.15, 0.2) is 17.5 Å². The molecule has 2 aromatic carbocycles. The highest BCUT2D eigenvalue weighted by Crippen LogP contribution is 2.26. The van der Waals surface area contributed by atoms with Crippen LogP contribution in [0.15, 0.2) is 30.3 Å². The Labute approximate surface area is 167 Å². The molecule has 0 bridgehead atoms. The van der Waals surface area contributed by atoms with Gasteiger partial charge in [0.05, 0.1) is 6.10 Å². The number of benzene rings is 2. The highest BCUT2D eigenvalue weighted by Gasteiger charge is 2.20. The molecule has 7 heteroatoms. The minimum Gasteiger partial charge on any atom is -0.393 e. The molecule has 28 heavy (non-hydrogen) atoms. The summed E-state index contributed by atoms with van der Waals surface area (Å²) in [6.45, 7) is 3.97. The summed E-state index contributed by atoms with van der Waals surface area (Å²) >= 11 is 6.25. The molecule has 0 spiro atoms. The van der Waals surface area contributed by atoms with Crippen LogP contribution in [0.5, 0.6) is 0 Å². The zero-order valence-electron chi connectivity index (χ0n) is 15.7. The lowest BCUT2D eigenvalue weighted by atomic mass is 9.89. The van der Waals surface area contributed by atoms with Crippen molar-refractivity contribution in [1.82, 2.24) is 0 Å². The highest BCUT2D eigenvalue weighted by molar-refractivity contribution is 6.31. The van der Waals surface area contributed by atoms with E-state index in [1.165, 1.54) is 6.07 Å². The Hall–Kier alpha value is -2.05. The Morgan fingerprint density at radius 3 is 2.36 bits per heavy atom. The number of anilines is 1. The molecule has 2 unspecified atom stereocenters. The molecule has 1 amide bonds. The standard InChI is InChI=1S/C21H23ClF3NO2/c1-3-5-19(27)12(4-2)8-14-9-13(6-7-16(14)22)21(28)26-15-10-17(23)20(25)18(24)11-15/h6-7,9-12,19,27H,3-5,8H2,1-2H3,(H,26,28). The van der Waals surface area contributed by atoms with Crippen molar-refractivity contribution in [3.63, 3.8) is 0 Å². The molecular formula is C21H23ClF3NO2. The van der Waals surface area contributed by atoms with Crippen LogP contribution in [0.3, 0.4) is 0 Å². The Balaban J connectivity index is 2.20. The van der Waals surface area contributed by atoms with Gasteiger partial charge in [-0.15, -0.1) is 0 Å². The minimum atomic E-state index is -1.59. The van der Waals surface area contributed by atoms with E-state index < -0.39 is 29.5 Å². The van der Waals surface area contributed by atoms with Crippen LogP contribution in [0.4, 0.5) is 18.9 Å². The van der Waals surface area contributed by atoms with Crippen molar-refractivity contribution in [2.75, 3.05) is 5.32 Å². The molecule has 2 atom stereocenters. The fraction of sp³-hybridized carbons (Fsp3) is 0.381. The summed E-state index contributed by atoms with van der Waals surface area (Å²) < 4.78 is 39.7. The number of carbonyl (C=O) groups is 1. The topological polar surface area (TPSA) is 49.3 Å². The van der Waals surface area contributed by atoms with Crippen molar-refractivity contribution < 1.29 is 23.1 Å². The van der Waals surface area contributed by atoms with E-state index in [1.54, 1.807) is 12.1 Å². The maximum Gasteiger partial charge on any atom is 0.255 e.